The number of allylic oxidation sites excluding steroid dienone is 14. The first kappa shape index (κ1) is 61.0. The first-order valence-electron chi connectivity index (χ1n) is 26.8. The Kier molecular flexibility index (Phi) is 48.7. The number of unbranched alkanes of at least 4 members (excludes halogenated alkanes) is 21. The van der Waals surface area contributed by atoms with Gasteiger partial charge in [-0.3, -0.25) is 9.59 Å². The third kappa shape index (κ3) is 45.6. The molecular weight excluding hydrogens is 791 g/mol. The SMILES string of the molecule is CCCCC/C=C\C/C=C\C/C=C\C/C=C\CCCC(=O)OC(CCCC/C=C\C/C=C\C/C=C\CCCCC)CC(=O)NC(CO)C(O)CCCCCCCCCCCCCCC. The zero-order valence-electron chi connectivity index (χ0n) is 41.9. The zero-order chi connectivity index (χ0) is 46.7. The number of carbonyl (C=O) groups excluding carboxylic acids is 2. The predicted molar refractivity (Wildman–Crippen MR) is 278 cm³/mol. The first-order valence-corrected chi connectivity index (χ1v) is 26.8. The smallest absolute Gasteiger partial charge is 0.306 e. The lowest BCUT2D eigenvalue weighted by Crippen LogP contribution is -2.46. The van der Waals surface area contributed by atoms with Crippen molar-refractivity contribution >= 4 is 11.9 Å². The molecule has 3 unspecified atom stereocenters. The number of esters is 1. The maximum atomic E-state index is 13.2. The van der Waals surface area contributed by atoms with E-state index in [-0.39, 0.29) is 24.9 Å². The molecule has 0 saturated heterocycles. The van der Waals surface area contributed by atoms with Crippen molar-refractivity contribution in [1.82, 2.24) is 5.32 Å². The van der Waals surface area contributed by atoms with Crippen molar-refractivity contribution in [2.45, 2.75) is 264 Å². The molecule has 3 N–H and O–H groups in total. The van der Waals surface area contributed by atoms with E-state index >= 15 is 0 Å². The Hall–Kier alpha value is -2.96. The fourth-order valence-corrected chi connectivity index (χ4v) is 7.61. The number of hydrogen-bond donors (Lipinski definition) is 3. The summed E-state index contributed by atoms with van der Waals surface area (Å²) in [7, 11) is 0. The highest BCUT2D eigenvalue weighted by Crippen LogP contribution is 2.17. The number of carbonyl (C=O) groups is 2. The van der Waals surface area contributed by atoms with Crippen LogP contribution in [0.5, 0.6) is 0 Å². The van der Waals surface area contributed by atoms with Gasteiger partial charge in [0.2, 0.25) is 5.91 Å². The number of nitrogens with one attached hydrogen (secondary N) is 1. The molecule has 0 fully saturated rings. The summed E-state index contributed by atoms with van der Waals surface area (Å²) in [5, 5.41) is 23.8. The van der Waals surface area contributed by atoms with Gasteiger partial charge < -0.3 is 20.3 Å². The van der Waals surface area contributed by atoms with Crippen LogP contribution in [0.25, 0.3) is 0 Å². The van der Waals surface area contributed by atoms with Crippen molar-refractivity contribution in [2.24, 2.45) is 0 Å². The van der Waals surface area contributed by atoms with Crippen LogP contribution >= 0.6 is 0 Å². The maximum absolute atomic E-state index is 13.2. The van der Waals surface area contributed by atoms with Gasteiger partial charge in [-0.05, 0) is 103 Å². The van der Waals surface area contributed by atoms with Gasteiger partial charge in [0.05, 0.1) is 25.2 Å². The van der Waals surface area contributed by atoms with E-state index in [0.717, 1.165) is 77.0 Å². The molecule has 0 bridgehead atoms. The third-order valence-corrected chi connectivity index (χ3v) is 11.7. The molecule has 0 radical (unpaired) electrons. The molecule has 0 rings (SSSR count). The van der Waals surface area contributed by atoms with E-state index < -0.39 is 18.2 Å². The Balaban J connectivity index is 4.75. The quantitative estimate of drug-likeness (QED) is 0.0321. The van der Waals surface area contributed by atoms with Crippen LogP contribution in [0, 0.1) is 0 Å². The lowest BCUT2D eigenvalue weighted by Gasteiger charge is -2.24. The minimum absolute atomic E-state index is 0.0263. The van der Waals surface area contributed by atoms with Crippen molar-refractivity contribution in [3.8, 4) is 0 Å². The number of hydrogen-bond acceptors (Lipinski definition) is 5. The van der Waals surface area contributed by atoms with Gasteiger partial charge >= 0.3 is 5.97 Å². The van der Waals surface area contributed by atoms with Crippen molar-refractivity contribution < 1.29 is 24.5 Å². The number of aliphatic hydroxyl groups is 2. The lowest BCUT2D eigenvalue weighted by molar-refractivity contribution is -0.151. The number of ether oxygens (including phenoxy) is 1. The zero-order valence-corrected chi connectivity index (χ0v) is 41.9. The molecule has 0 aromatic heterocycles. The van der Waals surface area contributed by atoms with Crippen LogP contribution in [-0.4, -0.2) is 46.9 Å². The summed E-state index contributed by atoms with van der Waals surface area (Å²) in [4.78, 5) is 26.2. The molecule has 0 aromatic carbocycles. The van der Waals surface area contributed by atoms with E-state index in [0.29, 0.717) is 25.7 Å². The Bertz CT molecular complexity index is 1230. The summed E-state index contributed by atoms with van der Waals surface area (Å²) in [6.45, 7) is 6.40. The second kappa shape index (κ2) is 51.0. The molecule has 6 heteroatoms. The van der Waals surface area contributed by atoms with Gasteiger partial charge in [0, 0.05) is 6.42 Å². The van der Waals surface area contributed by atoms with E-state index in [9.17, 15) is 19.8 Å². The third-order valence-electron chi connectivity index (χ3n) is 11.7. The monoisotopic (exact) mass is 892 g/mol. The molecular formula is C58H101NO5. The topological polar surface area (TPSA) is 95.9 Å². The minimum atomic E-state index is -0.811. The highest BCUT2D eigenvalue weighted by Gasteiger charge is 2.24. The molecule has 3 atom stereocenters. The molecule has 6 nitrogen and oxygen atoms in total. The lowest BCUT2D eigenvalue weighted by atomic mass is 10.0. The van der Waals surface area contributed by atoms with E-state index in [1.54, 1.807) is 0 Å². The van der Waals surface area contributed by atoms with Gasteiger partial charge in [0.25, 0.3) is 0 Å². The summed E-state index contributed by atoms with van der Waals surface area (Å²) in [6, 6.07) is -0.729. The van der Waals surface area contributed by atoms with Gasteiger partial charge in [0.15, 0.2) is 0 Å². The van der Waals surface area contributed by atoms with Gasteiger partial charge in [0.1, 0.15) is 6.10 Å². The van der Waals surface area contributed by atoms with Crippen LogP contribution in [0.1, 0.15) is 245 Å². The Morgan fingerprint density at radius 2 is 0.797 bits per heavy atom. The molecule has 368 valence electrons. The molecule has 0 aliphatic heterocycles. The van der Waals surface area contributed by atoms with Crippen LogP contribution in [0.2, 0.25) is 0 Å². The minimum Gasteiger partial charge on any atom is -0.462 e. The molecule has 64 heavy (non-hydrogen) atoms. The van der Waals surface area contributed by atoms with Crippen molar-refractivity contribution in [3.63, 3.8) is 0 Å². The molecule has 0 saturated carbocycles. The number of aliphatic hydroxyl groups excluding tert-OH is 2. The first-order chi connectivity index (χ1) is 31.5. The largest absolute Gasteiger partial charge is 0.462 e. The van der Waals surface area contributed by atoms with Crippen LogP contribution in [0.15, 0.2) is 85.1 Å². The molecule has 0 spiro atoms. The summed E-state index contributed by atoms with van der Waals surface area (Å²) in [5.41, 5.74) is 0. The molecule has 0 aliphatic rings. The van der Waals surface area contributed by atoms with Gasteiger partial charge in [-0.1, -0.05) is 215 Å². The van der Waals surface area contributed by atoms with Crippen molar-refractivity contribution in [3.05, 3.63) is 85.1 Å². The van der Waals surface area contributed by atoms with E-state index in [1.165, 1.54) is 116 Å². The molecule has 0 heterocycles. The van der Waals surface area contributed by atoms with Gasteiger partial charge in [-0.15, -0.1) is 0 Å². The van der Waals surface area contributed by atoms with Gasteiger partial charge in [-0.25, -0.2) is 0 Å². The highest BCUT2D eigenvalue weighted by atomic mass is 16.5. The molecule has 1 amide bonds. The average Bonchev–Trinajstić information content (AvgIpc) is 3.29. The van der Waals surface area contributed by atoms with Crippen LogP contribution in [0.3, 0.4) is 0 Å². The second-order valence-electron chi connectivity index (χ2n) is 17.9. The Labute approximate surface area is 395 Å². The average molecular weight is 892 g/mol. The normalized spacial score (nSPS) is 13.9. The fourth-order valence-electron chi connectivity index (χ4n) is 7.61. The van der Waals surface area contributed by atoms with Crippen molar-refractivity contribution in [1.29, 1.82) is 0 Å². The fraction of sp³-hybridized carbons (Fsp3) is 0.724. The van der Waals surface area contributed by atoms with E-state index in [1.807, 2.05) is 0 Å². The standard InChI is InChI=1S/C58H101NO5/c1-4-7-10-13-16-19-22-25-27-28-30-33-36-39-42-45-48-51-58(63)64-54(49-46-43-40-37-34-32-29-26-23-20-17-14-11-8-5-2)52-57(62)59-55(53-60)56(61)50-47-44-41-38-35-31-24-21-18-15-12-9-6-3/h16-17,19-20,25-27,29-30,33-34,37,39,42,54-56,60-61H,4-15,18,21-24,28,31-32,35-36,38,40-41,43-53H2,1-3H3,(H,59,62)/b19-16-,20-17-,27-25-,29-26-,33-30-,37-34-,42-39-. The van der Waals surface area contributed by atoms with Gasteiger partial charge in [-0.2, -0.15) is 0 Å². The highest BCUT2D eigenvalue weighted by molar-refractivity contribution is 5.77. The van der Waals surface area contributed by atoms with E-state index in [4.69, 9.17) is 4.74 Å². The number of amides is 1. The maximum Gasteiger partial charge on any atom is 0.306 e. The second-order valence-corrected chi connectivity index (χ2v) is 17.9. The van der Waals surface area contributed by atoms with Crippen LogP contribution in [0.4, 0.5) is 0 Å². The molecule has 0 aromatic rings. The predicted octanol–water partition coefficient (Wildman–Crippen LogP) is 16.3. The van der Waals surface area contributed by atoms with E-state index in [2.05, 4.69) is 111 Å². The van der Waals surface area contributed by atoms with Crippen molar-refractivity contribution in [2.75, 3.05) is 6.61 Å². The molecule has 0 aliphatic carbocycles. The summed E-state index contributed by atoms with van der Waals surface area (Å²) >= 11 is 0. The summed E-state index contributed by atoms with van der Waals surface area (Å²) < 4.78 is 5.89. The Morgan fingerprint density at radius 3 is 1.22 bits per heavy atom. The summed E-state index contributed by atoms with van der Waals surface area (Å²) in [6.07, 6.45) is 66.4. The van der Waals surface area contributed by atoms with Crippen LogP contribution in [-0.2, 0) is 14.3 Å². The van der Waals surface area contributed by atoms with Crippen LogP contribution < -0.4 is 5.32 Å². The summed E-state index contributed by atoms with van der Waals surface area (Å²) in [5.74, 6) is -0.581. The Morgan fingerprint density at radius 1 is 0.453 bits per heavy atom. The number of rotatable bonds is 47.